The zero-order chi connectivity index (χ0) is 15.1. The number of rotatable bonds is 3. The van der Waals surface area contributed by atoms with Gasteiger partial charge in [-0.15, -0.1) is 0 Å². The minimum Gasteiger partial charge on any atom is -0.438 e. The van der Waals surface area contributed by atoms with E-state index in [1.165, 1.54) is 25.4 Å². The second-order valence-corrected chi connectivity index (χ2v) is 5.88. The van der Waals surface area contributed by atoms with Crippen LogP contribution in [0.4, 0.5) is 0 Å². The molecule has 1 amide bonds. The van der Waals surface area contributed by atoms with E-state index in [-0.39, 0.29) is 17.4 Å². The molecule has 4 rings (SSSR count). The average molecular weight is 303 g/mol. The highest BCUT2D eigenvalue weighted by molar-refractivity contribution is 5.91. The zero-order valence-electron chi connectivity index (χ0n) is 12.1. The molecule has 3 heterocycles. The van der Waals surface area contributed by atoms with Crippen LogP contribution in [0.1, 0.15) is 29.2 Å². The molecule has 1 aliphatic heterocycles. The van der Waals surface area contributed by atoms with Gasteiger partial charge < -0.3 is 9.32 Å². The van der Waals surface area contributed by atoms with Gasteiger partial charge in [0.2, 0.25) is 5.76 Å². The first-order valence-corrected chi connectivity index (χ1v) is 7.56. The van der Waals surface area contributed by atoms with Crippen LogP contribution in [0.25, 0.3) is 0 Å². The van der Waals surface area contributed by atoms with Crippen LogP contribution in [0, 0.1) is 5.92 Å². The van der Waals surface area contributed by atoms with Gasteiger partial charge in [0.25, 0.3) is 5.91 Å². The van der Waals surface area contributed by atoms with Gasteiger partial charge >= 0.3 is 5.69 Å². The zero-order valence-corrected chi connectivity index (χ0v) is 12.1. The van der Waals surface area contributed by atoms with E-state index in [2.05, 4.69) is 10.1 Å². The third-order valence-corrected chi connectivity index (χ3v) is 4.26. The molecule has 22 heavy (non-hydrogen) atoms. The molecule has 8 heteroatoms. The highest BCUT2D eigenvalue weighted by Crippen LogP contribution is 2.29. The summed E-state index contributed by atoms with van der Waals surface area (Å²) in [7, 11) is 0. The van der Waals surface area contributed by atoms with Crippen LogP contribution in [0.2, 0.25) is 0 Å². The molecule has 0 aromatic carbocycles. The van der Waals surface area contributed by atoms with Crippen LogP contribution in [-0.4, -0.2) is 43.2 Å². The summed E-state index contributed by atoms with van der Waals surface area (Å²) in [6, 6.07) is 0. The summed E-state index contributed by atoms with van der Waals surface area (Å²) in [4.78, 5) is 30.1. The quantitative estimate of drug-likeness (QED) is 0.805. The van der Waals surface area contributed by atoms with E-state index in [4.69, 9.17) is 4.42 Å². The molecule has 0 atom stereocenters. The van der Waals surface area contributed by atoms with Gasteiger partial charge in [0, 0.05) is 32.6 Å². The van der Waals surface area contributed by atoms with Gasteiger partial charge in [0.1, 0.15) is 5.82 Å². The van der Waals surface area contributed by atoms with E-state index in [1.807, 2.05) is 0 Å². The van der Waals surface area contributed by atoms with Crippen molar-refractivity contribution in [2.75, 3.05) is 13.1 Å². The van der Waals surface area contributed by atoms with Crippen LogP contribution in [0.5, 0.6) is 0 Å². The Balaban J connectivity index is 1.51. The minimum absolute atomic E-state index is 0.0594. The lowest BCUT2D eigenvalue weighted by Crippen LogP contribution is -2.35. The standard InChI is InChI=1S/C14H17N5O3/c20-13(11-7-15-9-22-11)17-4-3-12-16-19(8-10-1-2-10)14(21)18(12)6-5-17/h7,9-10H,1-6,8H2. The number of carbonyl (C=O) groups excluding carboxylic acids is 1. The number of hydrogen-bond donors (Lipinski definition) is 0. The van der Waals surface area contributed by atoms with E-state index in [9.17, 15) is 9.59 Å². The maximum absolute atomic E-state index is 12.4. The summed E-state index contributed by atoms with van der Waals surface area (Å²) in [5.74, 6) is 1.41. The molecule has 0 N–H and O–H groups in total. The fraction of sp³-hybridized carbons (Fsp3) is 0.571. The lowest BCUT2D eigenvalue weighted by atomic mass is 10.3. The highest BCUT2D eigenvalue weighted by atomic mass is 16.3. The van der Waals surface area contributed by atoms with Gasteiger partial charge in [-0.1, -0.05) is 0 Å². The Labute approximate surface area is 126 Å². The van der Waals surface area contributed by atoms with Crippen molar-refractivity contribution in [1.82, 2.24) is 24.2 Å². The van der Waals surface area contributed by atoms with Gasteiger partial charge in [-0.25, -0.2) is 14.5 Å². The molecule has 8 nitrogen and oxygen atoms in total. The van der Waals surface area contributed by atoms with Crippen molar-refractivity contribution in [1.29, 1.82) is 0 Å². The molecule has 2 aromatic rings. The number of aromatic nitrogens is 4. The van der Waals surface area contributed by atoms with E-state index in [1.54, 1.807) is 14.1 Å². The second-order valence-electron chi connectivity index (χ2n) is 5.88. The molecule has 2 aliphatic rings. The maximum atomic E-state index is 12.4. The lowest BCUT2D eigenvalue weighted by Gasteiger charge is -2.18. The Morgan fingerprint density at radius 2 is 2.18 bits per heavy atom. The molecule has 1 saturated carbocycles. The molecule has 0 radical (unpaired) electrons. The van der Waals surface area contributed by atoms with E-state index < -0.39 is 0 Å². The van der Waals surface area contributed by atoms with Crippen molar-refractivity contribution in [3.8, 4) is 0 Å². The number of carbonyl (C=O) groups is 1. The first-order valence-electron chi connectivity index (χ1n) is 7.56. The Morgan fingerprint density at radius 3 is 2.91 bits per heavy atom. The number of nitrogens with zero attached hydrogens (tertiary/aromatic N) is 5. The van der Waals surface area contributed by atoms with Crippen molar-refractivity contribution in [2.24, 2.45) is 5.92 Å². The predicted molar refractivity (Wildman–Crippen MR) is 75.3 cm³/mol. The molecular formula is C14H17N5O3. The smallest absolute Gasteiger partial charge is 0.345 e. The summed E-state index contributed by atoms with van der Waals surface area (Å²) in [5.41, 5.74) is -0.0594. The SMILES string of the molecule is O=C(c1cnco1)N1CCc2nn(CC3CC3)c(=O)n2CC1. The van der Waals surface area contributed by atoms with Crippen LogP contribution < -0.4 is 5.69 Å². The molecule has 0 unspecified atom stereocenters. The lowest BCUT2D eigenvalue weighted by molar-refractivity contribution is 0.0726. The minimum atomic E-state index is -0.193. The average Bonchev–Trinajstić information content (AvgIpc) is 3.13. The van der Waals surface area contributed by atoms with Crippen LogP contribution in [0.15, 0.2) is 21.8 Å². The van der Waals surface area contributed by atoms with Gasteiger partial charge in [-0.3, -0.25) is 9.36 Å². The maximum Gasteiger partial charge on any atom is 0.345 e. The van der Waals surface area contributed by atoms with Gasteiger partial charge in [0.05, 0.1) is 6.20 Å². The molecule has 0 spiro atoms. The van der Waals surface area contributed by atoms with Gasteiger partial charge in [0.15, 0.2) is 6.39 Å². The van der Waals surface area contributed by atoms with E-state index >= 15 is 0 Å². The molecular weight excluding hydrogens is 286 g/mol. The van der Waals surface area contributed by atoms with Crippen LogP contribution in [-0.2, 0) is 19.5 Å². The molecule has 1 fully saturated rings. The number of hydrogen-bond acceptors (Lipinski definition) is 5. The summed E-state index contributed by atoms with van der Waals surface area (Å²) >= 11 is 0. The Morgan fingerprint density at radius 1 is 1.32 bits per heavy atom. The predicted octanol–water partition coefficient (Wildman–Crippen LogP) is 0.141. The largest absolute Gasteiger partial charge is 0.438 e. The monoisotopic (exact) mass is 303 g/mol. The third-order valence-electron chi connectivity index (χ3n) is 4.26. The number of oxazole rings is 1. The van der Waals surface area contributed by atoms with Crippen molar-refractivity contribution >= 4 is 5.91 Å². The molecule has 1 aliphatic carbocycles. The fourth-order valence-electron chi connectivity index (χ4n) is 2.81. The molecule has 2 aromatic heterocycles. The normalized spacial score (nSPS) is 18.1. The third kappa shape index (κ3) is 2.34. The summed E-state index contributed by atoms with van der Waals surface area (Å²) in [5, 5.41) is 4.44. The molecule has 116 valence electrons. The number of amides is 1. The van der Waals surface area contributed by atoms with Crippen molar-refractivity contribution in [3.05, 3.63) is 34.7 Å². The summed E-state index contributed by atoms with van der Waals surface area (Å²) < 4.78 is 8.33. The topological polar surface area (TPSA) is 86.2 Å². The van der Waals surface area contributed by atoms with Crippen molar-refractivity contribution < 1.29 is 9.21 Å². The Kier molecular flexibility index (Phi) is 3.09. The van der Waals surface area contributed by atoms with Gasteiger partial charge in [-0.05, 0) is 18.8 Å². The Hall–Kier alpha value is -2.38. The molecule has 0 saturated heterocycles. The van der Waals surface area contributed by atoms with Crippen molar-refractivity contribution in [3.63, 3.8) is 0 Å². The van der Waals surface area contributed by atoms with Crippen molar-refractivity contribution in [2.45, 2.75) is 32.4 Å². The van der Waals surface area contributed by atoms with E-state index in [0.717, 1.165) is 12.4 Å². The second kappa shape index (κ2) is 5.11. The summed E-state index contributed by atoms with van der Waals surface area (Å²) in [6.07, 6.45) is 5.61. The highest BCUT2D eigenvalue weighted by Gasteiger charge is 2.27. The first kappa shape index (κ1) is 13.3. The van der Waals surface area contributed by atoms with Crippen LogP contribution in [0.3, 0.4) is 0 Å². The Bertz CT molecular complexity index is 741. The fourth-order valence-corrected chi connectivity index (χ4v) is 2.81. The summed E-state index contributed by atoms with van der Waals surface area (Å²) in [6.45, 7) is 2.19. The van der Waals surface area contributed by atoms with Crippen LogP contribution >= 0.6 is 0 Å². The number of fused-ring (bicyclic) bond motifs is 1. The first-order chi connectivity index (χ1) is 10.7. The van der Waals surface area contributed by atoms with E-state index in [0.29, 0.717) is 32.0 Å². The van der Waals surface area contributed by atoms with Gasteiger partial charge in [-0.2, -0.15) is 5.10 Å². The molecule has 0 bridgehead atoms.